The summed E-state index contributed by atoms with van der Waals surface area (Å²) in [7, 11) is 3.52. The van der Waals surface area contributed by atoms with Crippen molar-refractivity contribution in [2.24, 2.45) is 10.2 Å². The van der Waals surface area contributed by atoms with Crippen LogP contribution in [0, 0.1) is 0 Å². The molecule has 0 saturated heterocycles. The normalized spacial score (nSPS) is 11.1. The van der Waals surface area contributed by atoms with Gasteiger partial charge in [-0.25, -0.2) is 0 Å². The van der Waals surface area contributed by atoms with Gasteiger partial charge in [0.2, 0.25) is 0 Å². The molecular formula is C10H13BrN4. The third-order valence-electron chi connectivity index (χ3n) is 1.72. The summed E-state index contributed by atoms with van der Waals surface area (Å²) in [6.07, 6.45) is 3.50. The van der Waals surface area contributed by atoms with Gasteiger partial charge < -0.3 is 10.9 Å². The second-order valence-corrected chi connectivity index (χ2v) is 3.51. The van der Waals surface area contributed by atoms with E-state index >= 15 is 0 Å². The Morgan fingerprint density at radius 3 is 1.93 bits per heavy atom. The summed E-state index contributed by atoms with van der Waals surface area (Å²) in [5.74, 6) is 0. The minimum Gasteiger partial charge on any atom is -0.313 e. The van der Waals surface area contributed by atoms with Crippen LogP contribution in [0.1, 0.15) is 11.1 Å². The van der Waals surface area contributed by atoms with Crippen LogP contribution >= 0.6 is 15.9 Å². The van der Waals surface area contributed by atoms with Gasteiger partial charge in [0.15, 0.2) is 0 Å². The summed E-state index contributed by atoms with van der Waals surface area (Å²) >= 11 is 3.50. The van der Waals surface area contributed by atoms with E-state index in [-0.39, 0.29) is 0 Å². The smallest absolute Gasteiger partial charge is 0.0551 e. The zero-order valence-electron chi connectivity index (χ0n) is 8.66. The second kappa shape index (κ2) is 6.19. The van der Waals surface area contributed by atoms with Gasteiger partial charge in [0.25, 0.3) is 0 Å². The molecule has 0 unspecified atom stereocenters. The SMILES string of the molecule is CN/N=C/c1cccc(/C=N/NC)c1Br. The highest BCUT2D eigenvalue weighted by molar-refractivity contribution is 9.10. The lowest BCUT2D eigenvalue weighted by atomic mass is 10.1. The van der Waals surface area contributed by atoms with Crippen molar-refractivity contribution in [1.82, 2.24) is 10.9 Å². The first kappa shape index (κ1) is 11.7. The highest BCUT2D eigenvalue weighted by Gasteiger charge is 2.01. The van der Waals surface area contributed by atoms with Crippen molar-refractivity contribution in [3.63, 3.8) is 0 Å². The van der Waals surface area contributed by atoms with Crippen LogP contribution in [0.15, 0.2) is 32.9 Å². The van der Waals surface area contributed by atoms with Crippen molar-refractivity contribution < 1.29 is 0 Å². The van der Waals surface area contributed by atoms with Crippen molar-refractivity contribution in [3.8, 4) is 0 Å². The summed E-state index contributed by atoms with van der Waals surface area (Å²) in [5.41, 5.74) is 7.43. The molecule has 0 bridgehead atoms. The molecule has 1 rings (SSSR count). The molecule has 80 valence electrons. The van der Waals surface area contributed by atoms with Gasteiger partial charge >= 0.3 is 0 Å². The van der Waals surface area contributed by atoms with Gasteiger partial charge in [-0.05, 0) is 15.9 Å². The molecule has 5 heteroatoms. The Bertz CT molecular complexity index is 341. The number of hydrogen-bond acceptors (Lipinski definition) is 4. The highest BCUT2D eigenvalue weighted by atomic mass is 79.9. The lowest BCUT2D eigenvalue weighted by molar-refractivity contribution is 0.907. The molecule has 0 atom stereocenters. The maximum absolute atomic E-state index is 3.96. The molecule has 0 radical (unpaired) electrons. The molecule has 1 aromatic rings. The number of nitrogens with zero attached hydrogens (tertiary/aromatic N) is 2. The standard InChI is InChI=1S/C10H13BrN4/c1-12-14-6-8-4-3-5-9(10(8)11)7-15-13-2/h3-7,12-13H,1-2H3/b14-6+,15-7+. The van der Waals surface area contributed by atoms with Gasteiger partial charge in [-0.2, -0.15) is 10.2 Å². The molecule has 15 heavy (non-hydrogen) atoms. The van der Waals surface area contributed by atoms with E-state index in [4.69, 9.17) is 0 Å². The van der Waals surface area contributed by atoms with Crippen molar-refractivity contribution in [3.05, 3.63) is 33.8 Å². The highest BCUT2D eigenvalue weighted by Crippen LogP contribution is 2.18. The van der Waals surface area contributed by atoms with E-state index in [0.717, 1.165) is 15.6 Å². The fourth-order valence-electron chi connectivity index (χ4n) is 1.04. The number of halogens is 1. The number of nitrogens with one attached hydrogen (secondary N) is 2. The van der Waals surface area contributed by atoms with Crippen molar-refractivity contribution in [2.75, 3.05) is 14.1 Å². The molecule has 1 aromatic carbocycles. The average molecular weight is 269 g/mol. The molecule has 2 N–H and O–H groups in total. The zero-order chi connectivity index (χ0) is 11.1. The van der Waals surface area contributed by atoms with Crippen LogP contribution in [0.3, 0.4) is 0 Å². The zero-order valence-corrected chi connectivity index (χ0v) is 10.2. The minimum absolute atomic E-state index is 0.975. The van der Waals surface area contributed by atoms with Crippen molar-refractivity contribution in [2.45, 2.75) is 0 Å². The Hall–Kier alpha value is -1.36. The van der Waals surface area contributed by atoms with Crippen LogP contribution in [0.25, 0.3) is 0 Å². The summed E-state index contributed by atoms with van der Waals surface area (Å²) in [5, 5.41) is 7.92. The van der Waals surface area contributed by atoms with Crippen LogP contribution in [-0.4, -0.2) is 26.5 Å². The van der Waals surface area contributed by atoms with Gasteiger partial charge in [0.05, 0.1) is 12.4 Å². The van der Waals surface area contributed by atoms with Gasteiger partial charge in [0, 0.05) is 29.7 Å². The average Bonchev–Trinajstić information content (AvgIpc) is 2.26. The number of benzene rings is 1. The van der Waals surface area contributed by atoms with Gasteiger partial charge in [-0.3, -0.25) is 0 Å². The van der Waals surface area contributed by atoms with E-state index in [9.17, 15) is 0 Å². The largest absolute Gasteiger partial charge is 0.313 e. The summed E-state index contributed by atoms with van der Waals surface area (Å²) in [6.45, 7) is 0. The summed E-state index contributed by atoms with van der Waals surface area (Å²) in [4.78, 5) is 0. The van der Waals surface area contributed by atoms with Gasteiger partial charge in [-0.1, -0.05) is 18.2 Å². The molecule has 0 spiro atoms. The molecule has 0 fully saturated rings. The van der Waals surface area contributed by atoms with Crippen molar-refractivity contribution in [1.29, 1.82) is 0 Å². The molecular weight excluding hydrogens is 256 g/mol. The van der Waals surface area contributed by atoms with E-state index in [1.54, 1.807) is 26.5 Å². The van der Waals surface area contributed by atoms with E-state index in [0.29, 0.717) is 0 Å². The quantitative estimate of drug-likeness (QED) is 0.643. The van der Waals surface area contributed by atoms with Crippen molar-refractivity contribution >= 4 is 28.4 Å². The first-order valence-corrected chi connectivity index (χ1v) is 5.27. The predicted octanol–water partition coefficient (Wildman–Crippen LogP) is 1.56. The first-order valence-electron chi connectivity index (χ1n) is 4.47. The molecule has 0 aliphatic rings. The molecule has 4 nitrogen and oxygen atoms in total. The molecule has 0 amide bonds. The number of rotatable bonds is 4. The summed E-state index contributed by atoms with van der Waals surface area (Å²) in [6, 6.07) is 5.90. The number of hydrogen-bond donors (Lipinski definition) is 2. The first-order chi connectivity index (χ1) is 7.29. The van der Waals surface area contributed by atoms with Crippen LogP contribution in [0.5, 0.6) is 0 Å². The van der Waals surface area contributed by atoms with E-state index in [1.165, 1.54) is 0 Å². The lowest BCUT2D eigenvalue weighted by Gasteiger charge is -2.01. The van der Waals surface area contributed by atoms with Crippen LogP contribution in [0.2, 0.25) is 0 Å². The van der Waals surface area contributed by atoms with Gasteiger partial charge in [0.1, 0.15) is 0 Å². The maximum Gasteiger partial charge on any atom is 0.0551 e. The molecule has 0 aliphatic heterocycles. The van der Waals surface area contributed by atoms with Crippen LogP contribution in [-0.2, 0) is 0 Å². The maximum atomic E-state index is 3.96. The summed E-state index contributed by atoms with van der Waals surface area (Å²) < 4.78 is 0.975. The molecule has 0 aromatic heterocycles. The molecule has 0 aliphatic carbocycles. The van der Waals surface area contributed by atoms with E-state index < -0.39 is 0 Å². The Labute approximate surface area is 97.6 Å². The monoisotopic (exact) mass is 268 g/mol. The molecule has 0 saturated carbocycles. The topological polar surface area (TPSA) is 48.8 Å². The predicted molar refractivity (Wildman–Crippen MR) is 67.4 cm³/mol. The Balaban J connectivity index is 3.00. The second-order valence-electron chi connectivity index (χ2n) is 2.71. The van der Waals surface area contributed by atoms with Crippen LogP contribution in [0.4, 0.5) is 0 Å². The number of hydrazone groups is 2. The lowest BCUT2D eigenvalue weighted by Crippen LogP contribution is -1.98. The fraction of sp³-hybridized carbons (Fsp3) is 0.200. The molecule has 0 heterocycles. The Morgan fingerprint density at radius 2 is 1.53 bits per heavy atom. The third kappa shape index (κ3) is 3.36. The van der Waals surface area contributed by atoms with Crippen LogP contribution < -0.4 is 10.9 Å². The Morgan fingerprint density at radius 1 is 1.07 bits per heavy atom. The fourth-order valence-corrected chi connectivity index (χ4v) is 1.51. The Kier molecular flexibility index (Phi) is 4.83. The third-order valence-corrected chi connectivity index (χ3v) is 2.64. The van der Waals surface area contributed by atoms with E-state index in [2.05, 4.69) is 37.0 Å². The van der Waals surface area contributed by atoms with Gasteiger partial charge in [-0.15, -0.1) is 0 Å². The minimum atomic E-state index is 0.975. The van der Waals surface area contributed by atoms with E-state index in [1.807, 2.05) is 18.2 Å².